The molecule has 1 aromatic carbocycles. The predicted molar refractivity (Wildman–Crippen MR) is 103 cm³/mol. The Morgan fingerprint density at radius 2 is 1.85 bits per heavy atom. The molecule has 1 atom stereocenters. The van der Waals surface area contributed by atoms with Crippen LogP contribution in [-0.2, 0) is 4.79 Å². The summed E-state index contributed by atoms with van der Waals surface area (Å²) >= 11 is 0. The molecule has 6 nitrogen and oxygen atoms in total. The van der Waals surface area contributed by atoms with Gasteiger partial charge in [0.15, 0.2) is 0 Å². The van der Waals surface area contributed by atoms with Gasteiger partial charge in [-0.3, -0.25) is 9.69 Å². The highest BCUT2D eigenvalue weighted by Crippen LogP contribution is 2.34. The molecule has 1 amide bonds. The largest absolute Gasteiger partial charge is 0.339 e. The second kappa shape index (κ2) is 6.46. The number of hydrogen-bond acceptors (Lipinski definition) is 4. The molecule has 5 rings (SSSR count). The van der Waals surface area contributed by atoms with Crippen LogP contribution in [0.25, 0.3) is 16.6 Å². The average Bonchev–Trinajstić information content (AvgIpc) is 3.48. The number of pyridine rings is 1. The van der Waals surface area contributed by atoms with Crippen LogP contribution in [0.5, 0.6) is 0 Å². The SMILES string of the molecule is CN1CCN(C(=O)C2CC2)CC1c1nnn2cc(-c3ccccc3)ccc12. The number of piperazine rings is 1. The van der Waals surface area contributed by atoms with E-state index in [1.807, 2.05) is 33.8 Å². The summed E-state index contributed by atoms with van der Waals surface area (Å²) in [6, 6.07) is 14.6. The van der Waals surface area contributed by atoms with E-state index in [0.29, 0.717) is 12.5 Å². The van der Waals surface area contributed by atoms with Gasteiger partial charge in [0, 0.05) is 37.3 Å². The summed E-state index contributed by atoms with van der Waals surface area (Å²) in [5, 5.41) is 8.86. The molecule has 1 saturated heterocycles. The zero-order valence-corrected chi connectivity index (χ0v) is 15.5. The topological polar surface area (TPSA) is 53.7 Å². The third kappa shape index (κ3) is 3.00. The first-order valence-corrected chi connectivity index (χ1v) is 9.60. The molecule has 138 valence electrons. The van der Waals surface area contributed by atoms with E-state index < -0.39 is 0 Å². The van der Waals surface area contributed by atoms with Crippen LogP contribution in [0.15, 0.2) is 48.7 Å². The van der Waals surface area contributed by atoms with Gasteiger partial charge in [-0.25, -0.2) is 4.52 Å². The van der Waals surface area contributed by atoms with E-state index in [9.17, 15) is 4.79 Å². The molecule has 3 heterocycles. The van der Waals surface area contributed by atoms with Gasteiger partial charge in [-0.1, -0.05) is 41.6 Å². The second-order valence-electron chi connectivity index (χ2n) is 7.64. The highest BCUT2D eigenvalue weighted by atomic mass is 16.2. The molecule has 1 aliphatic carbocycles. The van der Waals surface area contributed by atoms with Crippen molar-refractivity contribution >= 4 is 11.4 Å². The number of amides is 1. The lowest BCUT2D eigenvalue weighted by atomic mass is 10.1. The van der Waals surface area contributed by atoms with Gasteiger partial charge in [0.25, 0.3) is 0 Å². The average molecular weight is 361 g/mol. The fourth-order valence-corrected chi connectivity index (χ4v) is 3.91. The van der Waals surface area contributed by atoms with Gasteiger partial charge in [-0.05, 0) is 31.5 Å². The minimum atomic E-state index is 0.0847. The minimum Gasteiger partial charge on any atom is -0.339 e. The maximum absolute atomic E-state index is 12.5. The van der Waals surface area contributed by atoms with E-state index in [4.69, 9.17) is 0 Å². The number of aromatic nitrogens is 3. The summed E-state index contributed by atoms with van der Waals surface area (Å²) in [7, 11) is 2.10. The number of rotatable bonds is 3. The summed E-state index contributed by atoms with van der Waals surface area (Å²) in [6.07, 6.45) is 4.12. The van der Waals surface area contributed by atoms with Crippen molar-refractivity contribution in [2.45, 2.75) is 18.9 Å². The Labute approximate surface area is 158 Å². The Balaban J connectivity index is 1.46. The first kappa shape index (κ1) is 16.4. The van der Waals surface area contributed by atoms with Crippen molar-refractivity contribution < 1.29 is 4.79 Å². The Morgan fingerprint density at radius 3 is 2.63 bits per heavy atom. The first-order chi connectivity index (χ1) is 13.2. The molecule has 1 unspecified atom stereocenters. The molecule has 27 heavy (non-hydrogen) atoms. The first-order valence-electron chi connectivity index (χ1n) is 9.60. The van der Waals surface area contributed by atoms with Crippen molar-refractivity contribution in [1.82, 2.24) is 24.6 Å². The molecule has 0 bridgehead atoms. The van der Waals surface area contributed by atoms with Crippen molar-refractivity contribution in [2.24, 2.45) is 5.92 Å². The van der Waals surface area contributed by atoms with Crippen LogP contribution in [-0.4, -0.2) is 57.2 Å². The Hall–Kier alpha value is -2.73. The molecule has 2 aromatic heterocycles. The van der Waals surface area contributed by atoms with E-state index in [2.05, 4.69) is 46.5 Å². The van der Waals surface area contributed by atoms with Crippen molar-refractivity contribution in [3.05, 3.63) is 54.4 Å². The summed E-state index contributed by atoms with van der Waals surface area (Å²) < 4.78 is 1.85. The van der Waals surface area contributed by atoms with Crippen LogP contribution >= 0.6 is 0 Å². The number of carbonyl (C=O) groups excluding carboxylic acids is 1. The van der Waals surface area contributed by atoms with Gasteiger partial charge in [0.05, 0.1) is 11.6 Å². The van der Waals surface area contributed by atoms with Gasteiger partial charge in [-0.15, -0.1) is 5.10 Å². The quantitative estimate of drug-likeness (QED) is 0.720. The van der Waals surface area contributed by atoms with E-state index >= 15 is 0 Å². The lowest BCUT2D eigenvalue weighted by molar-refractivity contribution is -0.135. The lowest BCUT2D eigenvalue weighted by Crippen LogP contribution is -2.49. The number of benzene rings is 1. The molecule has 1 aliphatic heterocycles. The summed E-state index contributed by atoms with van der Waals surface area (Å²) in [6.45, 7) is 2.37. The predicted octanol–water partition coefficient (Wildman–Crippen LogP) is 2.62. The molecule has 2 fully saturated rings. The van der Waals surface area contributed by atoms with E-state index in [1.165, 1.54) is 0 Å². The summed E-state index contributed by atoms with van der Waals surface area (Å²) in [5.74, 6) is 0.579. The number of hydrogen-bond donors (Lipinski definition) is 0. The van der Waals surface area contributed by atoms with Crippen LogP contribution < -0.4 is 0 Å². The number of likely N-dealkylation sites (N-methyl/N-ethyl adjacent to an activating group) is 1. The molecule has 2 aliphatic rings. The van der Waals surface area contributed by atoms with Crippen molar-refractivity contribution in [1.29, 1.82) is 0 Å². The molecule has 0 radical (unpaired) electrons. The second-order valence-corrected chi connectivity index (χ2v) is 7.64. The van der Waals surface area contributed by atoms with Crippen LogP contribution in [0.1, 0.15) is 24.6 Å². The van der Waals surface area contributed by atoms with Crippen molar-refractivity contribution in [3.63, 3.8) is 0 Å². The molecule has 0 spiro atoms. The van der Waals surface area contributed by atoms with Gasteiger partial charge in [0.1, 0.15) is 5.69 Å². The van der Waals surface area contributed by atoms with Gasteiger partial charge < -0.3 is 4.90 Å². The fraction of sp³-hybridized carbons (Fsp3) is 0.381. The lowest BCUT2D eigenvalue weighted by Gasteiger charge is -2.38. The normalized spacial score (nSPS) is 20.9. The smallest absolute Gasteiger partial charge is 0.225 e. The summed E-state index contributed by atoms with van der Waals surface area (Å²) in [4.78, 5) is 16.8. The molecule has 1 saturated carbocycles. The van der Waals surface area contributed by atoms with Crippen molar-refractivity contribution in [3.8, 4) is 11.1 Å². The Kier molecular flexibility index (Phi) is 3.93. The zero-order chi connectivity index (χ0) is 18.4. The maximum Gasteiger partial charge on any atom is 0.225 e. The van der Waals surface area contributed by atoms with Gasteiger partial charge in [0.2, 0.25) is 5.91 Å². The van der Waals surface area contributed by atoms with Crippen LogP contribution in [0.3, 0.4) is 0 Å². The highest BCUT2D eigenvalue weighted by molar-refractivity contribution is 5.81. The maximum atomic E-state index is 12.5. The minimum absolute atomic E-state index is 0.0847. The summed E-state index contributed by atoms with van der Waals surface area (Å²) in [5.41, 5.74) is 4.23. The molecule has 6 heteroatoms. The van der Waals surface area contributed by atoms with Crippen LogP contribution in [0.4, 0.5) is 0 Å². The van der Waals surface area contributed by atoms with E-state index in [0.717, 1.165) is 48.3 Å². The number of carbonyl (C=O) groups is 1. The third-order valence-corrected chi connectivity index (χ3v) is 5.75. The van der Waals surface area contributed by atoms with E-state index in [-0.39, 0.29) is 12.0 Å². The standard InChI is InChI=1S/C21H23N5O/c1-24-11-12-25(21(27)16-7-8-16)14-19(24)20-18-10-9-17(13-26(18)23-22-20)15-5-3-2-4-6-15/h2-6,9-10,13,16,19H,7-8,11-12,14H2,1H3. The number of nitrogens with zero attached hydrogens (tertiary/aromatic N) is 5. The van der Waals surface area contributed by atoms with Gasteiger partial charge >= 0.3 is 0 Å². The molecular formula is C21H23N5O. The Morgan fingerprint density at radius 1 is 1.04 bits per heavy atom. The number of fused-ring (bicyclic) bond motifs is 1. The Bertz CT molecular complexity index is 979. The fourth-order valence-electron chi connectivity index (χ4n) is 3.91. The van der Waals surface area contributed by atoms with Gasteiger partial charge in [-0.2, -0.15) is 0 Å². The molecule has 0 N–H and O–H groups in total. The van der Waals surface area contributed by atoms with Crippen molar-refractivity contribution in [2.75, 3.05) is 26.7 Å². The highest BCUT2D eigenvalue weighted by Gasteiger charge is 2.37. The van der Waals surface area contributed by atoms with E-state index in [1.54, 1.807) is 0 Å². The third-order valence-electron chi connectivity index (χ3n) is 5.75. The van der Waals surface area contributed by atoms with Crippen LogP contribution in [0.2, 0.25) is 0 Å². The molecule has 3 aromatic rings. The zero-order valence-electron chi connectivity index (χ0n) is 15.5. The molecular weight excluding hydrogens is 338 g/mol. The monoisotopic (exact) mass is 361 g/mol. The van der Waals surface area contributed by atoms with Crippen LogP contribution in [0, 0.1) is 5.92 Å².